The van der Waals surface area contributed by atoms with Gasteiger partial charge in [-0.15, -0.1) is 10.2 Å². The molecule has 0 unspecified atom stereocenters. The molecule has 0 N–H and O–H groups in total. The van der Waals surface area contributed by atoms with Gasteiger partial charge in [0.05, 0.1) is 26.9 Å². The monoisotopic (exact) mass is 346 g/mol. The third kappa shape index (κ3) is 4.04. The highest BCUT2D eigenvalue weighted by atomic mass is 16.5. The molecule has 0 amide bonds. The van der Waals surface area contributed by atoms with Crippen molar-refractivity contribution in [3.8, 4) is 17.2 Å². The van der Waals surface area contributed by atoms with E-state index in [0.29, 0.717) is 32.3 Å². The van der Waals surface area contributed by atoms with E-state index < -0.39 is 0 Å². The fourth-order valence-corrected chi connectivity index (χ4v) is 2.94. The molecule has 0 aliphatic carbocycles. The minimum atomic E-state index is 0.339. The van der Waals surface area contributed by atoms with Crippen LogP contribution < -0.4 is 14.2 Å². The number of nitrogens with zero attached hydrogens (tertiary/aromatic N) is 4. The van der Waals surface area contributed by atoms with Gasteiger partial charge in [-0.1, -0.05) is 0 Å². The number of rotatable bonds is 6. The highest BCUT2D eigenvalue weighted by Gasteiger charge is 2.17. The largest absolute Gasteiger partial charge is 0.496 e. The topological polar surface area (TPSA) is 61.6 Å². The predicted molar refractivity (Wildman–Crippen MR) is 94.2 cm³/mol. The van der Waals surface area contributed by atoms with Crippen molar-refractivity contribution in [2.75, 3.05) is 27.4 Å². The number of hydrogen-bond acceptors (Lipinski definition) is 6. The van der Waals surface area contributed by atoms with Crippen LogP contribution in [0.3, 0.4) is 0 Å². The SMILES string of the molecule is COc1cc2c(cc1CN(C)Cc1nncn1C(C)C)OCCCO2. The summed E-state index contributed by atoms with van der Waals surface area (Å²) in [5.74, 6) is 3.29. The molecule has 1 aromatic heterocycles. The van der Waals surface area contributed by atoms with Crippen molar-refractivity contribution in [2.24, 2.45) is 0 Å². The Morgan fingerprint density at radius 3 is 2.60 bits per heavy atom. The Bertz CT molecular complexity index is 714. The molecule has 136 valence electrons. The van der Waals surface area contributed by atoms with Gasteiger partial charge < -0.3 is 18.8 Å². The summed E-state index contributed by atoms with van der Waals surface area (Å²) in [7, 11) is 3.74. The maximum atomic E-state index is 5.80. The van der Waals surface area contributed by atoms with Crippen molar-refractivity contribution in [1.29, 1.82) is 0 Å². The molecule has 2 heterocycles. The van der Waals surface area contributed by atoms with Crippen LogP contribution in [0.4, 0.5) is 0 Å². The van der Waals surface area contributed by atoms with E-state index in [1.54, 1.807) is 13.4 Å². The smallest absolute Gasteiger partial charge is 0.164 e. The van der Waals surface area contributed by atoms with E-state index in [0.717, 1.165) is 35.1 Å². The number of aromatic nitrogens is 3. The van der Waals surface area contributed by atoms with E-state index in [1.165, 1.54) is 0 Å². The number of hydrogen-bond donors (Lipinski definition) is 0. The lowest BCUT2D eigenvalue weighted by molar-refractivity contribution is 0.292. The molecule has 1 aliphatic rings. The van der Waals surface area contributed by atoms with E-state index in [9.17, 15) is 0 Å². The summed E-state index contributed by atoms with van der Waals surface area (Å²) < 4.78 is 19.2. The Morgan fingerprint density at radius 2 is 1.92 bits per heavy atom. The van der Waals surface area contributed by atoms with Crippen LogP contribution in [-0.2, 0) is 13.1 Å². The summed E-state index contributed by atoms with van der Waals surface area (Å²) in [6.07, 6.45) is 2.67. The second-order valence-electron chi connectivity index (χ2n) is 6.58. The summed E-state index contributed by atoms with van der Waals surface area (Å²) in [6, 6.07) is 4.27. The number of fused-ring (bicyclic) bond motifs is 1. The van der Waals surface area contributed by atoms with Gasteiger partial charge in [-0.2, -0.15) is 0 Å². The lowest BCUT2D eigenvalue weighted by Crippen LogP contribution is -2.21. The molecule has 0 saturated carbocycles. The van der Waals surface area contributed by atoms with Gasteiger partial charge in [0.25, 0.3) is 0 Å². The van der Waals surface area contributed by atoms with Gasteiger partial charge in [0.15, 0.2) is 11.5 Å². The van der Waals surface area contributed by atoms with Crippen molar-refractivity contribution >= 4 is 0 Å². The Kier molecular flexibility index (Phi) is 5.43. The molecule has 0 fully saturated rings. The Balaban J connectivity index is 1.77. The summed E-state index contributed by atoms with van der Waals surface area (Å²) in [5.41, 5.74) is 1.06. The van der Waals surface area contributed by atoms with Crippen LogP contribution >= 0.6 is 0 Å². The van der Waals surface area contributed by atoms with Gasteiger partial charge in [-0.05, 0) is 27.0 Å². The standard InChI is InChI=1S/C18H26N4O3/c1-13(2)22-12-19-20-18(22)11-21(3)10-14-8-16-17(9-15(14)23-4)25-7-5-6-24-16/h8-9,12-13H,5-7,10-11H2,1-4H3. The molecule has 0 bridgehead atoms. The summed E-state index contributed by atoms with van der Waals surface area (Å²) in [4.78, 5) is 2.19. The molecule has 1 aromatic carbocycles. The van der Waals surface area contributed by atoms with Crippen LogP contribution in [0.5, 0.6) is 17.2 Å². The zero-order valence-electron chi connectivity index (χ0n) is 15.4. The van der Waals surface area contributed by atoms with Crippen LogP contribution in [0.2, 0.25) is 0 Å². The van der Waals surface area contributed by atoms with E-state index in [-0.39, 0.29) is 0 Å². The molecule has 7 heteroatoms. The average molecular weight is 346 g/mol. The quantitative estimate of drug-likeness (QED) is 0.801. The minimum absolute atomic E-state index is 0.339. The zero-order chi connectivity index (χ0) is 17.8. The molecule has 0 spiro atoms. The normalized spacial score (nSPS) is 14.0. The molecule has 0 saturated heterocycles. The van der Waals surface area contributed by atoms with Crippen LogP contribution in [0.15, 0.2) is 18.5 Å². The number of methoxy groups -OCH3 is 1. The molecule has 0 atom stereocenters. The van der Waals surface area contributed by atoms with E-state index in [2.05, 4.69) is 40.6 Å². The second kappa shape index (κ2) is 7.74. The Labute approximate surface area is 148 Å². The molecule has 1 aliphatic heterocycles. The van der Waals surface area contributed by atoms with Crippen molar-refractivity contribution in [2.45, 2.75) is 39.4 Å². The summed E-state index contributed by atoms with van der Waals surface area (Å²) >= 11 is 0. The zero-order valence-corrected chi connectivity index (χ0v) is 15.4. The van der Waals surface area contributed by atoms with Crippen LogP contribution in [0, 0.1) is 0 Å². The van der Waals surface area contributed by atoms with Crippen molar-refractivity contribution in [1.82, 2.24) is 19.7 Å². The second-order valence-corrected chi connectivity index (χ2v) is 6.58. The van der Waals surface area contributed by atoms with Crippen molar-refractivity contribution < 1.29 is 14.2 Å². The van der Waals surface area contributed by atoms with Crippen LogP contribution in [0.1, 0.15) is 37.7 Å². The highest BCUT2D eigenvalue weighted by Crippen LogP contribution is 2.36. The summed E-state index contributed by atoms with van der Waals surface area (Å²) in [5, 5.41) is 8.27. The van der Waals surface area contributed by atoms with Gasteiger partial charge in [0.2, 0.25) is 0 Å². The van der Waals surface area contributed by atoms with Crippen molar-refractivity contribution in [3.05, 3.63) is 29.8 Å². The third-order valence-corrected chi connectivity index (χ3v) is 4.21. The minimum Gasteiger partial charge on any atom is -0.496 e. The first-order valence-electron chi connectivity index (χ1n) is 8.62. The first-order valence-corrected chi connectivity index (χ1v) is 8.62. The molecule has 2 aromatic rings. The predicted octanol–water partition coefficient (Wildman–Crippen LogP) is 2.66. The Morgan fingerprint density at radius 1 is 1.20 bits per heavy atom. The average Bonchev–Trinajstić information content (AvgIpc) is 2.92. The number of benzene rings is 1. The van der Waals surface area contributed by atoms with E-state index >= 15 is 0 Å². The molecule has 3 rings (SSSR count). The lowest BCUT2D eigenvalue weighted by atomic mass is 10.1. The first-order chi connectivity index (χ1) is 12.1. The molecule has 0 radical (unpaired) electrons. The fourth-order valence-electron chi connectivity index (χ4n) is 2.94. The maximum Gasteiger partial charge on any atom is 0.164 e. The van der Waals surface area contributed by atoms with Gasteiger partial charge in [-0.3, -0.25) is 4.90 Å². The van der Waals surface area contributed by atoms with Gasteiger partial charge in [0.1, 0.15) is 17.9 Å². The molecule has 25 heavy (non-hydrogen) atoms. The number of ether oxygens (including phenoxy) is 3. The van der Waals surface area contributed by atoms with Crippen LogP contribution in [0.25, 0.3) is 0 Å². The molecular weight excluding hydrogens is 320 g/mol. The van der Waals surface area contributed by atoms with Gasteiger partial charge >= 0.3 is 0 Å². The maximum absolute atomic E-state index is 5.80. The third-order valence-electron chi connectivity index (χ3n) is 4.21. The first kappa shape index (κ1) is 17.5. The molecule has 7 nitrogen and oxygen atoms in total. The van der Waals surface area contributed by atoms with Gasteiger partial charge in [0, 0.05) is 30.6 Å². The van der Waals surface area contributed by atoms with Crippen molar-refractivity contribution in [3.63, 3.8) is 0 Å². The van der Waals surface area contributed by atoms with E-state index in [4.69, 9.17) is 14.2 Å². The molecular formula is C18H26N4O3. The van der Waals surface area contributed by atoms with Crippen LogP contribution in [-0.4, -0.2) is 47.0 Å². The lowest BCUT2D eigenvalue weighted by Gasteiger charge is -2.20. The Hall–Kier alpha value is -2.28. The highest BCUT2D eigenvalue weighted by molar-refractivity contribution is 5.51. The summed E-state index contributed by atoms with van der Waals surface area (Å²) in [6.45, 7) is 7.01. The van der Waals surface area contributed by atoms with Gasteiger partial charge in [-0.25, -0.2) is 0 Å². The van der Waals surface area contributed by atoms with E-state index in [1.807, 2.05) is 12.1 Å². The fraction of sp³-hybridized carbons (Fsp3) is 0.556.